The third kappa shape index (κ3) is 6.08. The molecular formula is C17H31IN6. The Morgan fingerprint density at radius 1 is 1.33 bits per heavy atom. The second-order valence-electron chi connectivity index (χ2n) is 6.16. The summed E-state index contributed by atoms with van der Waals surface area (Å²) in [6, 6.07) is 4.55. The molecule has 1 aliphatic heterocycles. The molecule has 1 saturated heterocycles. The number of hydrogen-bond donors (Lipinski definition) is 2. The highest BCUT2D eigenvalue weighted by Crippen LogP contribution is 2.18. The number of piperazine rings is 1. The van der Waals surface area contributed by atoms with Crippen molar-refractivity contribution in [1.29, 1.82) is 0 Å². The monoisotopic (exact) mass is 446 g/mol. The predicted octanol–water partition coefficient (Wildman–Crippen LogP) is 1.91. The van der Waals surface area contributed by atoms with Gasteiger partial charge in [-0.25, -0.2) is 4.98 Å². The van der Waals surface area contributed by atoms with Crippen molar-refractivity contribution in [3.8, 4) is 0 Å². The molecule has 2 rings (SSSR count). The van der Waals surface area contributed by atoms with Crippen molar-refractivity contribution in [1.82, 2.24) is 20.5 Å². The van der Waals surface area contributed by atoms with E-state index in [4.69, 9.17) is 0 Å². The fourth-order valence-electron chi connectivity index (χ4n) is 2.58. The molecule has 1 aromatic rings. The summed E-state index contributed by atoms with van der Waals surface area (Å²) in [4.78, 5) is 13.6. The number of aliphatic imine (C=N–C) groups is 1. The Hall–Kier alpha value is -1.09. The van der Waals surface area contributed by atoms with Gasteiger partial charge < -0.3 is 20.4 Å². The first-order valence-corrected chi connectivity index (χ1v) is 8.48. The van der Waals surface area contributed by atoms with Crippen LogP contribution in [0.5, 0.6) is 0 Å². The van der Waals surface area contributed by atoms with Gasteiger partial charge in [0.2, 0.25) is 0 Å². The van der Waals surface area contributed by atoms with Gasteiger partial charge in [-0.1, -0.05) is 13.0 Å². The molecule has 6 nitrogen and oxygen atoms in total. The molecule has 2 heterocycles. The van der Waals surface area contributed by atoms with Gasteiger partial charge in [0.1, 0.15) is 5.82 Å². The van der Waals surface area contributed by atoms with E-state index in [1.165, 1.54) is 5.56 Å². The second-order valence-corrected chi connectivity index (χ2v) is 6.16. The average Bonchev–Trinajstić information content (AvgIpc) is 2.59. The number of guanidine groups is 1. The third-order valence-corrected chi connectivity index (χ3v) is 4.34. The van der Waals surface area contributed by atoms with E-state index in [2.05, 4.69) is 57.4 Å². The normalized spacial score (nSPS) is 17.2. The maximum atomic E-state index is 4.62. The Kier molecular flexibility index (Phi) is 9.35. The molecule has 0 saturated carbocycles. The van der Waals surface area contributed by atoms with Crippen LogP contribution in [0.3, 0.4) is 0 Å². The molecule has 1 fully saturated rings. The number of halogens is 1. The van der Waals surface area contributed by atoms with Crippen LogP contribution in [-0.2, 0) is 6.54 Å². The summed E-state index contributed by atoms with van der Waals surface area (Å²) < 4.78 is 0. The molecule has 0 aromatic carbocycles. The first-order valence-electron chi connectivity index (χ1n) is 8.48. The van der Waals surface area contributed by atoms with Crippen LogP contribution >= 0.6 is 24.0 Å². The summed E-state index contributed by atoms with van der Waals surface area (Å²) in [5.74, 6) is 1.93. The Bertz CT molecular complexity index is 514. The van der Waals surface area contributed by atoms with Gasteiger partial charge in [-0.15, -0.1) is 24.0 Å². The van der Waals surface area contributed by atoms with E-state index in [9.17, 15) is 0 Å². The Morgan fingerprint density at radius 3 is 2.67 bits per heavy atom. The van der Waals surface area contributed by atoms with Crippen LogP contribution in [0.1, 0.15) is 25.8 Å². The molecule has 136 valence electrons. The summed E-state index contributed by atoms with van der Waals surface area (Å²) in [5.41, 5.74) is 1.21. The highest BCUT2D eigenvalue weighted by atomic mass is 127. The SMILES string of the molecule is CCC(C)NC(=NC)NCc1cccnc1N1CCN(C)CC1.I. The van der Waals surface area contributed by atoms with Crippen LogP contribution in [0.4, 0.5) is 5.82 Å². The highest BCUT2D eigenvalue weighted by Gasteiger charge is 2.18. The number of hydrogen-bond acceptors (Lipinski definition) is 4. The molecule has 0 amide bonds. The lowest BCUT2D eigenvalue weighted by molar-refractivity contribution is 0.312. The quantitative estimate of drug-likeness (QED) is 0.411. The largest absolute Gasteiger partial charge is 0.354 e. The number of rotatable bonds is 5. The van der Waals surface area contributed by atoms with Crippen molar-refractivity contribution in [2.45, 2.75) is 32.9 Å². The van der Waals surface area contributed by atoms with Gasteiger partial charge in [-0.3, -0.25) is 4.99 Å². The van der Waals surface area contributed by atoms with Crippen molar-refractivity contribution in [3.05, 3.63) is 23.9 Å². The van der Waals surface area contributed by atoms with Gasteiger partial charge in [0.05, 0.1) is 0 Å². The minimum atomic E-state index is 0. The maximum absolute atomic E-state index is 4.62. The van der Waals surface area contributed by atoms with Gasteiger partial charge >= 0.3 is 0 Å². The van der Waals surface area contributed by atoms with E-state index in [1.54, 1.807) is 0 Å². The van der Waals surface area contributed by atoms with Crippen molar-refractivity contribution in [2.24, 2.45) is 4.99 Å². The molecule has 0 radical (unpaired) electrons. The Labute approximate surface area is 163 Å². The number of aromatic nitrogens is 1. The number of nitrogens with one attached hydrogen (secondary N) is 2. The van der Waals surface area contributed by atoms with Gasteiger partial charge in [-0.2, -0.15) is 0 Å². The second kappa shape index (κ2) is 10.7. The van der Waals surface area contributed by atoms with E-state index in [1.807, 2.05) is 19.3 Å². The Morgan fingerprint density at radius 2 is 2.04 bits per heavy atom. The number of likely N-dealkylation sites (N-methyl/N-ethyl adjacent to an activating group) is 1. The van der Waals surface area contributed by atoms with Crippen LogP contribution in [0.2, 0.25) is 0 Å². The summed E-state index contributed by atoms with van der Waals surface area (Å²) in [5, 5.41) is 6.79. The third-order valence-electron chi connectivity index (χ3n) is 4.34. The van der Waals surface area contributed by atoms with Crippen LogP contribution < -0.4 is 15.5 Å². The average molecular weight is 446 g/mol. The van der Waals surface area contributed by atoms with E-state index in [0.717, 1.165) is 50.9 Å². The first kappa shape index (κ1) is 21.0. The summed E-state index contributed by atoms with van der Waals surface area (Å²) >= 11 is 0. The zero-order valence-electron chi connectivity index (χ0n) is 15.2. The molecule has 7 heteroatoms. The van der Waals surface area contributed by atoms with Gasteiger partial charge in [0.25, 0.3) is 0 Å². The number of anilines is 1. The summed E-state index contributed by atoms with van der Waals surface area (Å²) in [7, 11) is 3.98. The summed E-state index contributed by atoms with van der Waals surface area (Å²) in [6.07, 6.45) is 2.95. The van der Waals surface area contributed by atoms with Crippen molar-refractivity contribution >= 4 is 35.8 Å². The zero-order chi connectivity index (χ0) is 16.7. The van der Waals surface area contributed by atoms with Crippen molar-refractivity contribution in [3.63, 3.8) is 0 Å². The Balaban J connectivity index is 0.00000288. The molecule has 1 aromatic heterocycles. The van der Waals surface area contributed by atoms with E-state index < -0.39 is 0 Å². The van der Waals surface area contributed by atoms with Crippen LogP contribution in [-0.4, -0.2) is 62.2 Å². The lowest BCUT2D eigenvalue weighted by Crippen LogP contribution is -2.45. The fourth-order valence-corrected chi connectivity index (χ4v) is 2.58. The summed E-state index contributed by atoms with van der Waals surface area (Å²) in [6.45, 7) is 9.28. The maximum Gasteiger partial charge on any atom is 0.191 e. The highest BCUT2D eigenvalue weighted by molar-refractivity contribution is 14.0. The molecule has 0 aliphatic carbocycles. The van der Waals surface area contributed by atoms with Crippen LogP contribution in [0, 0.1) is 0 Å². The number of nitrogens with zero attached hydrogens (tertiary/aromatic N) is 4. The zero-order valence-corrected chi connectivity index (χ0v) is 17.6. The molecule has 0 bridgehead atoms. The van der Waals surface area contributed by atoms with Crippen LogP contribution in [0.15, 0.2) is 23.3 Å². The van der Waals surface area contributed by atoms with E-state index in [0.29, 0.717) is 6.04 Å². The van der Waals surface area contributed by atoms with E-state index >= 15 is 0 Å². The minimum absolute atomic E-state index is 0. The fraction of sp³-hybridized carbons (Fsp3) is 0.647. The van der Waals surface area contributed by atoms with Gasteiger partial charge in [0, 0.05) is 57.6 Å². The minimum Gasteiger partial charge on any atom is -0.354 e. The number of pyridine rings is 1. The molecule has 24 heavy (non-hydrogen) atoms. The van der Waals surface area contributed by atoms with Crippen LogP contribution in [0.25, 0.3) is 0 Å². The van der Waals surface area contributed by atoms with Gasteiger partial charge in [0.15, 0.2) is 5.96 Å². The van der Waals surface area contributed by atoms with Crippen molar-refractivity contribution < 1.29 is 0 Å². The predicted molar refractivity (Wildman–Crippen MR) is 112 cm³/mol. The standard InChI is InChI=1S/C17H30N6.HI/c1-5-14(2)21-17(18-3)20-13-15-7-6-8-19-16(15)23-11-9-22(4)10-12-23;/h6-8,14H,5,9-13H2,1-4H3,(H2,18,20,21);1H. The van der Waals surface area contributed by atoms with Gasteiger partial charge in [-0.05, 0) is 26.5 Å². The smallest absolute Gasteiger partial charge is 0.191 e. The van der Waals surface area contributed by atoms with Crippen molar-refractivity contribution in [2.75, 3.05) is 45.2 Å². The van der Waals surface area contributed by atoms with E-state index in [-0.39, 0.29) is 24.0 Å². The molecule has 0 spiro atoms. The molecule has 1 unspecified atom stereocenters. The lowest BCUT2D eigenvalue weighted by atomic mass is 10.2. The first-order chi connectivity index (χ1) is 11.1. The molecular weight excluding hydrogens is 415 g/mol. The molecule has 1 aliphatic rings. The molecule has 1 atom stereocenters. The topological polar surface area (TPSA) is 55.8 Å². The lowest BCUT2D eigenvalue weighted by Gasteiger charge is -2.34. The molecule has 2 N–H and O–H groups in total.